The molecule has 0 radical (unpaired) electrons. The summed E-state index contributed by atoms with van der Waals surface area (Å²) in [6.45, 7) is 0.575. The average molecular weight is 330 g/mol. The molecule has 1 aliphatic rings. The molecule has 0 amide bonds. The molecule has 3 rings (SSSR count). The van der Waals surface area contributed by atoms with E-state index in [1.165, 1.54) is 0 Å². The van der Waals surface area contributed by atoms with E-state index in [0.29, 0.717) is 23.9 Å². The van der Waals surface area contributed by atoms with Crippen molar-refractivity contribution in [2.24, 2.45) is 0 Å². The molecule has 0 fully saturated rings. The molecule has 0 spiro atoms. The predicted octanol–water partition coefficient (Wildman–Crippen LogP) is 3.44. The molecule has 5 nitrogen and oxygen atoms in total. The molecule has 0 saturated carbocycles. The fourth-order valence-electron chi connectivity index (χ4n) is 3.13. The highest BCUT2D eigenvalue weighted by Gasteiger charge is 2.27. The summed E-state index contributed by atoms with van der Waals surface area (Å²) in [4.78, 5) is 0. The Morgan fingerprint density at radius 3 is 2.33 bits per heavy atom. The van der Waals surface area contributed by atoms with Crippen LogP contribution in [0, 0.1) is 0 Å². The van der Waals surface area contributed by atoms with E-state index in [4.69, 9.17) is 23.7 Å². The first-order chi connectivity index (χ1) is 11.7. The normalized spacial score (nSPS) is 15.9. The van der Waals surface area contributed by atoms with Crippen LogP contribution in [0.4, 0.5) is 0 Å². The fraction of sp³-hybridized carbons (Fsp3) is 0.368. The highest BCUT2D eigenvalue weighted by molar-refractivity contribution is 5.57. The lowest BCUT2D eigenvalue weighted by atomic mass is 9.89. The van der Waals surface area contributed by atoms with Crippen molar-refractivity contribution in [3.05, 3.63) is 41.5 Å². The Bertz CT molecular complexity index is 726. The first-order valence-corrected chi connectivity index (χ1v) is 7.80. The molecule has 1 heterocycles. The van der Waals surface area contributed by atoms with E-state index in [2.05, 4.69) is 0 Å². The second-order valence-corrected chi connectivity index (χ2v) is 5.61. The molecule has 0 aliphatic carbocycles. The number of benzene rings is 2. The molecule has 24 heavy (non-hydrogen) atoms. The van der Waals surface area contributed by atoms with Crippen molar-refractivity contribution in [1.29, 1.82) is 0 Å². The van der Waals surface area contributed by atoms with Crippen LogP contribution in [0.2, 0.25) is 0 Å². The lowest BCUT2D eigenvalue weighted by Gasteiger charge is -2.28. The molecular formula is C19H22O5. The van der Waals surface area contributed by atoms with Gasteiger partial charge in [-0.1, -0.05) is 12.1 Å². The van der Waals surface area contributed by atoms with Crippen LogP contribution in [0.3, 0.4) is 0 Å². The van der Waals surface area contributed by atoms with Gasteiger partial charge in [-0.2, -0.15) is 0 Å². The number of ether oxygens (including phenoxy) is 5. The van der Waals surface area contributed by atoms with Gasteiger partial charge in [0.05, 0.1) is 35.0 Å². The Kier molecular flexibility index (Phi) is 4.69. The Hall–Kier alpha value is -2.56. The third-order valence-electron chi connectivity index (χ3n) is 4.36. The van der Waals surface area contributed by atoms with Gasteiger partial charge in [-0.3, -0.25) is 0 Å². The van der Waals surface area contributed by atoms with Crippen molar-refractivity contribution in [3.63, 3.8) is 0 Å². The standard InChI is InChI=1S/C19H22O5/c1-20-14-6-5-12-9-13(11-24-17(12)10-14)15-7-8-16(21-2)19(23-4)18(15)22-3/h5-8,10,13H,9,11H2,1-4H3. The largest absolute Gasteiger partial charge is 0.497 e. The van der Waals surface area contributed by atoms with Crippen molar-refractivity contribution in [2.75, 3.05) is 35.0 Å². The number of hydrogen-bond acceptors (Lipinski definition) is 5. The number of methoxy groups -OCH3 is 4. The van der Waals surface area contributed by atoms with Crippen molar-refractivity contribution in [1.82, 2.24) is 0 Å². The first-order valence-electron chi connectivity index (χ1n) is 7.80. The summed E-state index contributed by atoms with van der Waals surface area (Å²) in [5.74, 6) is 3.82. The van der Waals surface area contributed by atoms with Crippen LogP contribution in [0.1, 0.15) is 17.0 Å². The maximum absolute atomic E-state index is 5.95. The maximum Gasteiger partial charge on any atom is 0.203 e. The fourth-order valence-corrected chi connectivity index (χ4v) is 3.13. The van der Waals surface area contributed by atoms with E-state index >= 15 is 0 Å². The zero-order chi connectivity index (χ0) is 17.1. The molecule has 128 valence electrons. The Morgan fingerprint density at radius 1 is 0.875 bits per heavy atom. The average Bonchev–Trinajstić information content (AvgIpc) is 2.65. The van der Waals surface area contributed by atoms with Gasteiger partial charge >= 0.3 is 0 Å². The third kappa shape index (κ3) is 2.82. The van der Waals surface area contributed by atoms with Gasteiger partial charge in [0.15, 0.2) is 11.5 Å². The molecular weight excluding hydrogens is 308 g/mol. The quantitative estimate of drug-likeness (QED) is 0.840. The summed E-state index contributed by atoms with van der Waals surface area (Å²) in [5.41, 5.74) is 2.21. The first kappa shape index (κ1) is 16.3. The van der Waals surface area contributed by atoms with Crippen molar-refractivity contribution in [2.45, 2.75) is 12.3 Å². The van der Waals surface area contributed by atoms with Gasteiger partial charge in [0.1, 0.15) is 11.5 Å². The van der Waals surface area contributed by atoms with Gasteiger partial charge in [-0.25, -0.2) is 0 Å². The van der Waals surface area contributed by atoms with E-state index in [1.807, 2.05) is 30.3 Å². The Labute approximate surface area is 142 Å². The van der Waals surface area contributed by atoms with Gasteiger partial charge in [-0.05, 0) is 24.1 Å². The van der Waals surface area contributed by atoms with Crippen molar-refractivity contribution in [3.8, 4) is 28.7 Å². The highest BCUT2D eigenvalue weighted by atomic mass is 16.5. The summed E-state index contributed by atoms with van der Waals surface area (Å²) in [5, 5.41) is 0. The van der Waals surface area contributed by atoms with E-state index in [-0.39, 0.29) is 5.92 Å². The summed E-state index contributed by atoms with van der Waals surface area (Å²) >= 11 is 0. The minimum atomic E-state index is 0.181. The van der Waals surface area contributed by atoms with E-state index in [1.54, 1.807) is 28.4 Å². The summed E-state index contributed by atoms with van der Waals surface area (Å²) in [7, 11) is 6.53. The topological polar surface area (TPSA) is 46.2 Å². The molecule has 0 saturated heterocycles. The lowest BCUT2D eigenvalue weighted by molar-refractivity contribution is 0.255. The molecule has 1 atom stereocenters. The van der Waals surface area contributed by atoms with E-state index in [9.17, 15) is 0 Å². The molecule has 0 aromatic heterocycles. The van der Waals surface area contributed by atoms with Crippen molar-refractivity contribution >= 4 is 0 Å². The maximum atomic E-state index is 5.95. The van der Waals surface area contributed by atoms with E-state index in [0.717, 1.165) is 29.0 Å². The zero-order valence-electron chi connectivity index (χ0n) is 14.4. The van der Waals surface area contributed by atoms with Gasteiger partial charge < -0.3 is 23.7 Å². The second-order valence-electron chi connectivity index (χ2n) is 5.61. The van der Waals surface area contributed by atoms with Crippen LogP contribution in [-0.4, -0.2) is 35.0 Å². The molecule has 2 aromatic carbocycles. The van der Waals surface area contributed by atoms with Crippen LogP contribution in [-0.2, 0) is 6.42 Å². The number of hydrogen-bond donors (Lipinski definition) is 0. The molecule has 0 bridgehead atoms. The highest BCUT2D eigenvalue weighted by Crippen LogP contribution is 2.45. The van der Waals surface area contributed by atoms with Crippen LogP contribution < -0.4 is 23.7 Å². The molecule has 1 unspecified atom stereocenters. The van der Waals surface area contributed by atoms with Crippen LogP contribution in [0.15, 0.2) is 30.3 Å². The Morgan fingerprint density at radius 2 is 1.67 bits per heavy atom. The zero-order valence-corrected chi connectivity index (χ0v) is 14.4. The minimum Gasteiger partial charge on any atom is -0.497 e. The predicted molar refractivity (Wildman–Crippen MR) is 91.0 cm³/mol. The van der Waals surface area contributed by atoms with Crippen molar-refractivity contribution < 1.29 is 23.7 Å². The van der Waals surface area contributed by atoms with Gasteiger partial charge in [0.25, 0.3) is 0 Å². The smallest absolute Gasteiger partial charge is 0.203 e. The molecule has 2 aromatic rings. The molecule has 5 heteroatoms. The summed E-state index contributed by atoms with van der Waals surface area (Å²) in [6, 6.07) is 9.85. The molecule has 1 aliphatic heterocycles. The number of fused-ring (bicyclic) bond motifs is 1. The van der Waals surface area contributed by atoms with Crippen LogP contribution in [0.25, 0.3) is 0 Å². The summed E-state index contributed by atoms with van der Waals surface area (Å²) in [6.07, 6.45) is 0.866. The Balaban J connectivity index is 1.95. The van der Waals surface area contributed by atoms with Gasteiger partial charge in [-0.15, -0.1) is 0 Å². The van der Waals surface area contributed by atoms with Crippen LogP contribution >= 0.6 is 0 Å². The molecule has 0 N–H and O–H groups in total. The monoisotopic (exact) mass is 330 g/mol. The minimum absolute atomic E-state index is 0.181. The second kappa shape index (κ2) is 6.91. The van der Waals surface area contributed by atoms with Crippen LogP contribution in [0.5, 0.6) is 28.7 Å². The van der Waals surface area contributed by atoms with E-state index < -0.39 is 0 Å². The van der Waals surface area contributed by atoms with Gasteiger partial charge in [0, 0.05) is 17.5 Å². The summed E-state index contributed by atoms with van der Waals surface area (Å²) < 4.78 is 27.7. The van der Waals surface area contributed by atoms with Gasteiger partial charge in [0.2, 0.25) is 5.75 Å². The lowest BCUT2D eigenvalue weighted by Crippen LogP contribution is -2.20. The SMILES string of the molecule is COc1ccc2c(c1)OCC(c1ccc(OC)c(OC)c1OC)C2. The third-order valence-corrected chi connectivity index (χ3v) is 4.36. The number of rotatable bonds is 5.